The molecule has 1 aromatic rings. The van der Waals surface area contributed by atoms with Gasteiger partial charge in [0.15, 0.2) is 17.9 Å². The van der Waals surface area contributed by atoms with Crippen molar-refractivity contribution in [2.45, 2.75) is 13.2 Å². The summed E-state index contributed by atoms with van der Waals surface area (Å²) in [6.07, 6.45) is -0.980. The monoisotopic (exact) mass is 156 g/mol. The first kappa shape index (κ1) is 8.01. The Morgan fingerprint density at radius 1 is 1.45 bits per heavy atom. The summed E-state index contributed by atoms with van der Waals surface area (Å²) < 4.78 is 17.4. The SMILES string of the molecule is CC(O)Oc1ccccc1F. The lowest BCUT2D eigenvalue weighted by Crippen LogP contribution is -2.10. The number of aliphatic hydroxyl groups is 1. The van der Waals surface area contributed by atoms with Gasteiger partial charge in [0.25, 0.3) is 0 Å². The first-order valence-electron chi connectivity index (χ1n) is 3.29. The molecule has 0 aromatic heterocycles. The van der Waals surface area contributed by atoms with Gasteiger partial charge in [0.05, 0.1) is 0 Å². The van der Waals surface area contributed by atoms with Gasteiger partial charge in [0.1, 0.15) is 0 Å². The summed E-state index contributed by atoms with van der Waals surface area (Å²) in [5, 5.41) is 8.74. The van der Waals surface area contributed by atoms with Crippen LogP contribution < -0.4 is 4.74 Å². The van der Waals surface area contributed by atoms with Crippen LogP contribution in [0.4, 0.5) is 4.39 Å². The highest BCUT2D eigenvalue weighted by Crippen LogP contribution is 2.15. The molecule has 3 heteroatoms. The minimum Gasteiger partial charge on any atom is -0.462 e. The van der Waals surface area contributed by atoms with Crippen molar-refractivity contribution in [2.75, 3.05) is 0 Å². The number of hydrogen-bond acceptors (Lipinski definition) is 2. The highest BCUT2D eigenvalue weighted by atomic mass is 19.1. The van der Waals surface area contributed by atoms with Crippen molar-refractivity contribution in [3.05, 3.63) is 30.1 Å². The maximum absolute atomic E-state index is 12.7. The molecule has 0 spiro atoms. The molecule has 11 heavy (non-hydrogen) atoms. The van der Waals surface area contributed by atoms with Crippen molar-refractivity contribution in [2.24, 2.45) is 0 Å². The summed E-state index contributed by atoms with van der Waals surface area (Å²) in [5.41, 5.74) is 0. The second-order valence-electron chi connectivity index (χ2n) is 2.15. The number of halogens is 1. The maximum Gasteiger partial charge on any atom is 0.194 e. The molecule has 60 valence electrons. The van der Waals surface area contributed by atoms with E-state index < -0.39 is 12.1 Å². The first-order valence-corrected chi connectivity index (χ1v) is 3.29. The molecule has 0 heterocycles. The smallest absolute Gasteiger partial charge is 0.194 e. The number of hydrogen-bond donors (Lipinski definition) is 1. The average molecular weight is 156 g/mol. The minimum atomic E-state index is -0.980. The van der Waals surface area contributed by atoms with Gasteiger partial charge in [0, 0.05) is 0 Å². The number of rotatable bonds is 2. The third-order valence-corrected chi connectivity index (χ3v) is 1.13. The fourth-order valence-corrected chi connectivity index (χ4v) is 0.724. The number of para-hydroxylation sites is 1. The average Bonchev–Trinajstić information content (AvgIpc) is 1.93. The van der Waals surface area contributed by atoms with Crippen LogP contribution in [0.3, 0.4) is 0 Å². The van der Waals surface area contributed by atoms with Crippen molar-refractivity contribution >= 4 is 0 Å². The summed E-state index contributed by atoms with van der Waals surface area (Å²) in [4.78, 5) is 0. The predicted molar refractivity (Wildman–Crippen MR) is 38.7 cm³/mol. The van der Waals surface area contributed by atoms with Crippen LogP contribution in [0.2, 0.25) is 0 Å². The second-order valence-corrected chi connectivity index (χ2v) is 2.15. The van der Waals surface area contributed by atoms with Gasteiger partial charge in [-0.1, -0.05) is 12.1 Å². The summed E-state index contributed by atoms with van der Waals surface area (Å²) in [6.45, 7) is 1.42. The lowest BCUT2D eigenvalue weighted by molar-refractivity contribution is -0.00307. The van der Waals surface area contributed by atoms with Crippen molar-refractivity contribution in [1.82, 2.24) is 0 Å². The molecule has 2 nitrogen and oxygen atoms in total. The lowest BCUT2D eigenvalue weighted by Gasteiger charge is -2.08. The van der Waals surface area contributed by atoms with Crippen LogP contribution in [0.1, 0.15) is 6.92 Å². The lowest BCUT2D eigenvalue weighted by atomic mass is 10.3. The topological polar surface area (TPSA) is 29.5 Å². The van der Waals surface area contributed by atoms with Gasteiger partial charge >= 0.3 is 0 Å². The molecule has 1 rings (SSSR count). The molecule has 0 saturated heterocycles. The summed E-state index contributed by atoms with van der Waals surface area (Å²) in [6, 6.07) is 5.94. The Morgan fingerprint density at radius 2 is 2.09 bits per heavy atom. The standard InChI is InChI=1S/C8H9FO2/c1-6(10)11-8-5-3-2-4-7(8)9/h2-6,10H,1H3. The van der Waals surface area contributed by atoms with Gasteiger partial charge in [-0.2, -0.15) is 0 Å². The van der Waals surface area contributed by atoms with Crippen molar-refractivity contribution in [3.63, 3.8) is 0 Å². The quantitative estimate of drug-likeness (QED) is 0.658. The Morgan fingerprint density at radius 3 is 2.64 bits per heavy atom. The van der Waals surface area contributed by atoms with Crippen LogP contribution in [0.25, 0.3) is 0 Å². The highest BCUT2D eigenvalue weighted by molar-refractivity contribution is 5.23. The van der Waals surface area contributed by atoms with Gasteiger partial charge < -0.3 is 9.84 Å². The molecular formula is C8H9FO2. The highest BCUT2D eigenvalue weighted by Gasteiger charge is 2.02. The zero-order valence-corrected chi connectivity index (χ0v) is 6.12. The summed E-state index contributed by atoms with van der Waals surface area (Å²) in [5.74, 6) is -0.393. The fraction of sp³-hybridized carbons (Fsp3) is 0.250. The van der Waals surface area contributed by atoms with Crippen LogP contribution in [-0.2, 0) is 0 Å². The van der Waals surface area contributed by atoms with E-state index in [2.05, 4.69) is 0 Å². The molecule has 1 aromatic carbocycles. The van der Waals surface area contributed by atoms with E-state index in [4.69, 9.17) is 9.84 Å². The second kappa shape index (κ2) is 3.34. The largest absolute Gasteiger partial charge is 0.462 e. The number of benzene rings is 1. The summed E-state index contributed by atoms with van der Waals surface area (Å²) >= 11 is 0. The molecule has 0 bridgehead atoms. The Balaban J connectivity index is 2.78. The maximum atomic E-state index is 12.7. The van der Waals surface area contributed by atoms with Crippen molar-refractivity contribution < 1.29 is 14.2 Å². The van der Waals surface area contributed by atoms with Crippen LogP contribution in [0.15, 0.2) is 24.3 Å². The molecule has 0 aliphatic heterocycles. The molecule has 0 fully saturated rings. The molecule has 0 amide bonds. The molecule has 0 aliphatic carbocycles. The zero-order valence-electron chi connectivity index (χ0n) is 6.12. The van der Waals surface area contributed by atoms with E-state index in [0.29, 0.717) is 0 Å². The van der Waals surface area contributed by atoms with Gasteiger partial charge in [-0.25, -0.2) is 4.39 Å². The number of ether oxygens (including phenoxy) is 1. The van der Waals surface area contributed by atoms with Crippen LogP contribution in [-0.4, -0.2) is 11.4 Å². The van der Waals surface area contributed by atoms with E-state index in [1.54, 1.807) is 12.1 Å². The molecule has 1 unspecified atom stereocenters. The van der Waals surface area contributed by atoms with Gasteiger partial charge in [-0.3, -0.25) is 0 Å². The normalized spacial score (nSPS) is 12.6. The van der Waals surface area contributed by atoms with E-state index >= 15 is 0 Å². The third kappa shape index (κ3) is 2.20. The Kier molecular flexibility index (Phi) is 2.44. The number of aliphatic hydroxyl groups excluding tert-OH is 1. The predicted octanol–water partition coefficient (Wildman–Crippen LogP) is 1.54. The van der Waals surface area contributed by atoms with E-state index in [1.807, 2.05) is 0 Å². The summed E-state index contributed by atoms with van der Waals surface area (Å²) in [7, 11) is 0. The van der Waals surface area contributed by atoms with Gasteiger partial charge in [0.2, 0.25) is 0 Å². The van der Waals surface area contributed by atoms with Gasteiger partial charge in [-0.05, 0) is 19.1 Å². The Hall–Kier alpha value is -1.09. The molecule has 0 saturated carbocycles. The van der Waals surface area contributed by atoms with Crippen LogP contribution in [0.5, 0.6) is 5.75 Å². The molecular weight excluding hydrogens is 147 g/mol. The third-order valence-electron chi connectivity index (χ3n) is 1.13. The van der Waals surface area contributed by atoms with Crippen LogP contribution >= 0.6 is 0 Å². The first-order chi connectivity index (χ1) is 5.20. The van der Waals surface area contributed by atoms with E-state index in [1.165, 1.54) is 19.1 Å². The van der Waals surface area contributed by atoms with Crippen LogP contribution in [0, 0.1) is 5.82 Å². The van der Waals surface area contributed by atoms with Crippen molar-refractivity contribution in [1.29, 1.82) is 0 Å². The zero-order chi connectivity index (χ0) is 8.27. The Bertz CT molecular complexity index is 235. The van der Waals surface area contributed by atoms with E-state index in [0.717, 1.165) is 0 Å². The molecule has 0 radical (unpaired) electrons. The van der Waals surface area contributed by atoms with Gasteiger partial charge in [-0.15, -0.1) is 0 Å². The Labute approximate surface area is 64.2 Å². The van der Waals surface area contributed by atoms with E-state index in [-0.39, 0.29) is 5.75 Å². The molecule has 0 aliphatic rings. The molecule has 1 N–H and O–H groups in total. The van der Waals surface area contributed by atoms with Crippen molar-refractivity contribution in [3.8, 4) is 5.75 Å². The van der Waals surface area contributed by atoms with E-state index in [9.17, 15) is 4.39 Å². The minimum absolute atomic E-state index is 0.0718. The molecule has 1 atom stereocenters. The fourth-order valence-electron chi connectivity index (χ4n) is 0.724.